The Kier molecular flexibility index (Phi) is 4.36. The van der Waals surface area contributed by atoms with E-state index in [1.807, 2.05) is 19.4 Å². The smallest absolute Gasteiger partial charge is 0.338 e. The molecule has 0 saturated carbocycles. The van der Waals surface area contributed by atoms with Crippen molar-refractivity contribution in [1.82, 2.24) is 24.5 Å². The molecule has 0 radical (unpaired) electrons. The van der Waals surface area contributed by atoms with Crippen LogP contribution in [0.25, 0.3) is 11.3 Å². The summed E-state index contributed by atoms with van der Waals surface area (Å²) in [5.41, 5.74) is 2.66. The van der Waals surface area contributed by atoms with Crippen molar-refractivity contribution in [1.29, 1.82) is 0 Å². The van der Waals surface area contributed by atoms with Crippen molar-refractivity contribution in [2.24, 2.45) is 7.05 Å². The van der Waals surface area contributed by atoms with E-state index in [-0.39, 0.29) is 11.5 Å². The van der Waals surface area contributed by atoms with E-state index < -0.39 is 12.0 Å². The molecule has 3 rings (SSSR count). The first kappa shape index (κ1) is 16.8. The summed E-state index contributed by atoms with van der Waals surface area (Å²) in [6.45, 7) is 3.58. The molecular formula is C15H16N6O3S. The topological polar surface area (TPSA) is 115 Å². The Balaban J connectivity index is 1.72. The second kappa shape index (κ2) is 6.48. The van der Waals surface area contributed by atoms with Crippen LogP contribution in [0.3, 0.4) is 0 Å². The number of carbonyl (C=O) groups is 2. The number of hydrogen-bond acceptors (Lipinski definition) is 6. The number of thiazole rings is 1. The highest BCUT2D eigenvalue weighted by Gasteiger charge is 2.19. The number of nitrogens with one attached hydrogen (secondary N) is 1. The Morgan fingerprint density at radius 1 is 1.32 bits per heavy atom. The number of amides is 1. The number of anilines is 1. The van der Waals surface area contributed by atoms with Crippen LogP contribution in [-0.2, 0) is 11.8 Å². The highest BCUT2D eigenvalue weighted by Crippen LogP contribution is 2.27. The summed E-state index contributed by atoms with van der Waals surface area (Å²) in [6.07, 6.45) is 4.26. The summed E-state index contributed by atoms with van der Waals surface area (Å²) in [5, 5.41) is 22.1. The zero-order valence-electron chi connectivity index (χ0n) is 13.8. The van der Waals surface area contributed by atoms with Crippen LogP contribution in [0.15, 0.2) is 24.0 Å². The van der Waals surface area contributed by atoms with Crippen LogP contribution in [0.1, 0.15) is 29.0 Å². The van der Waals surface area contributed by atoms with Gasteiger partial charge in [0.05, 0.1) is 23.7 Å². The minimum Gasteiger partial charge on any atom is -0.478 e. The molecule has 9 nitrogen and oxygen atoms in total. The predicted molar refractivity (Wildman–Crippen MR) is 91.6 cm³/mol. The van der Waals surface area contributed by atoms with E-state index >= 15 is 0 Å². The monoisotopic (exact) mass is 360 g/mol. The lowest BCUT2D eigenvalue weighted by Crippen LogP contribution is -2.24. The Labute approximate surface area is 146 Å². The van der Waals surface area contributed by atoms with Crippen LogP contribution in [0.2, 0.25) is 0 Å². The molecule has 1 amide bonds. The molecule has 0 aliphatic carbocycles. The Morgan fingerprint density at radius 3 is 2.68 bits per heavy atom. The van der Waals surface area contributed by atoms with Gasteiger partial charge >= 0.3 is 5.97 Å². The number of carbonyl (C=O) groups excluding carboxylic acids is 1. The van der Waals surface area contributed by atoms with Gasteiger partial charge in [-0.15, -0.1) is 11.3 Å². The van der Waals surface area contributed by atoms with Crippen LogP contribution >= 0.6 is 11.3 Å². The maximum absolute atomic E-state index is 12.3. The second-order valence-corrected chi connectivity index (χ2v) is 6.34. The lowest BCUT2D eigenvalue weighted by Gasteiger charge is -2.10. The second-order valence-electron chi connectivity index (χ2n) is 5.48. The number of rotatable bonds is 5. The highest BCUT2D eigenvalue weighted by atomic mass is 32.1. The lowest BCUT2D eigenvalue weighted by molar-refractivity contribution is -0.119. The maximum Gasteiger partial charge on any atom is 0.338 e. The molecule has 10 heteroatoms. The van der Waals surface area contributed by atoms with Gasteiger partial charge in [-0.3, -0.25) is 14.2 Å². The summed E-state index contributed by atoms with van der Waals surface area (Å²) in [7, 11) is 1.85. The molecule has 0 aliphatic rings. The molecule has 0 fully saturated rings. The van der Waals surface area contributed by atoms with Crippen LogP contribution in [0.5, 0.6) is 0 Å². The van der Waals surface area contributed by atoms with Crippen molar-refractivity contribution in [3.63, 3.8) is 0 Å². The highest BCUT2D eigenvalue weighted by molar-refractivity contribution is 7.14. The average Bonchev–Trinajstić information content (AvgIpc) is 3.28. The SMILES string of the molecule is Cc1c(-c2csc(NC(=O)C(C)n3cc(C(=O)O)cn3)n2)cnn1C. The number of hydrogen-bond donors (Lipinski definition) is 2. The number of aromatic carboxylic acids is 1. The van der Waals surface area contributed by atoms with Gasteiger partial charge in [0.25, 0.3) is 5.91 Å². The van der Waals surface area contributed by atoms with Crippen molar-refractivity contribution in [3.05, 3.63) is 35.2 Å². The Hall–Kier alpha value is -3.01. The molecule has 0 saturated heterocycles. The van der Waals surface area contributed by atoms with E-state index in [2.05, 4.69) is 20.5 Å². The summed E-state index contributed by atoms with van der Waals surface area (Å²) in [6, 6.07) is -0.666. The zero-order valence-corrected chi connectivity index (χ0v) is 14.6. The van der Waals surface area contributed by atoms with Gasteiger partial charge in [-0.1, -0.05) is 0 Å². The third-order valence-electron chi connectivity index (χ3n) is 3.87. The number of aromatic nitrogens is 5. The standard InChI is InChI=1S/C15H16N6O3S/c1-8-11(5-16-20(8)3)12-7-25-15(18-12)19-13(22)9(2)21-6-10(4-17-21)14(23)24/h4-7,9H,1-3H3,(H,23,24)(H,18,19,22). The molecule has 0 aromatic carbocycles. The molecule has 1 atom stereocenters. The Bertz CT molecular complexity index is 941. The van der Waals surface area contributed by atoms with Crippen molar-refractivity contribution < 1.29 is 14.7 Å². The van der Waals surface area contributed by atoms with Crippen LogP contribution in [0, 0.1) is 6.92 Å². The van der Waals surface area contributed by atoms with Crippen molar-refractivity contribution >= 4 is 28.3 Å². The van der Waals surface area contributed by atoms with Gasteiger partial charge in [0, 0.05) is 29.9 Å². The van der Waals surface area contributed by atoms with E-state index in [0.29, 0.717) is 5.13 Å². The fraction of sp³-hybridized carbons (Fsp3) is 0.267. The number of carboxylic acid groups (broad SMARTS) is 1. The molecular weight excluding hydrogens is 344 g/mol. The van der Waals surface area contributed by atoms with Crippen molar-refractivity contribution in [2.75, 3.05) is 5.32 Å². The van der Waals surface area contributed by atoms with Gasteiger partial charge in [-0.05, 0) is 13.8 Å². The van der Waals surface area contributed by atoms with Gasteiger partial charge in [0.2, 0.25) is 0 Å². The molecule has 2 N–H and O–H groups in total. The molecule has 3 aromatic heterocycles. The van der Waals surface area contributed by atoms with E-state index in [1.165, 1.54) is 28.4 Å². The predicted octanol–water partition coefficient (Wildman–Crippen LogP) is 1.95. The largest absolute Gasteiger partial charge is 0.478 e. The first-order chi connectivity index (χ1) is 11.9. The molecule has 3 aromatic rings. The quantitative estimate of drug-likeness (QED) is 0.718. The molecule has 0 spiro atoms. The van der Waals surface area contributed by atoms with Gasteiger partial charge in [0.15, 0.2) is 5.13 Å². The maximum atomic E-state index is 12.3. The van der Waals surface area contributed by atoms with Gasteiger partial charge < -0.3 is 10.4 Å². The van der Waals surface area contributed by atoms with E-state index in [0.717, 1.165) is 17.0 Å². The molecule has 1 unspecified atom stereocenters. The molecule has 25 heavy (non-hydrogen) atoms. The fourth-order valence-corrected chi connectivity index (χ4v) is 2.91. The van der Waals surface area contributed by atoms with Gasteiger partial charge in [-0.2, -0.15) is 10.2 Å². The Morgan fingerprint density at radius 2 is 2.08 bits per heavy atom. The number of aryl methyl sites for hydroxylation is 1. The number of carboxylic acids is 1. The van der Waals surface area contributed by atoms with Crippen molar-refractivity contribution in [3.8, 4) is 11.3 Å². The van der Waals surface area contributed by atoms with Gasteiger partial charge in [-0.25, -0.2) is 9.78 Å². The molecule has 0 aliphatic heterocycles. The van der Waals surface area contributed by atoms with E-state index in [1.54, 1.807) is 17.8 Å². The molecule has 130 valence electrons. The molecule has 3 heterocycles. The number of nitrogens with zero attached hydrogens (tertiary/aromatic N) is 5. The van der Waals surface area contributed by atoms with Crippen molar-refractivity contribution in [2.45, 2.75) is 19.9 Å². The third kappa shape index (κ3) is 3.29. The first-order valence-electron chi connectivity index (χ1n) is 7.39. The van der Waals surface area contributed by atoms with E-state index in [9.17, 15) is 9.59 Å². The van der Waals surface area contributed by atoms with E-state index in [4.69, 9.17) is 5.11 Å². The lowest BCUT2D eigenvalue weighted by atomic mass is 10.2. The van der Waals surface area contributed by atoms with Crippen LogP contribution < -0.4 is 5.32 Å². The summed E-state index contributed by atoms with van der Waals surface area (Å²) >= 11 is 1.31. The minimum absolute atomic E-state index is 0.0308. The van der Waals surface area contributed by atoms with Crippen LogP contribution in [0.4, 0.5) is 5.13 Å². The summed E-state index contributed by atoms with van der Waals surface area (Å²) in [5.74, 6) is -1.42. The fourth-order valence-electron chi connectivity index (χ4n) is 2.20. The van der Waals surface area contributed by atoms with Crippen LogP contribution in [-0.4, -0.2) is 41.5 Å². The average molecular weight is 360 g/mol. The first-order valence-corrected chi connectivity index (χ1v) is 8.27. The summed E-state index contributed by atoms with van der Waals surface area (Å²) < 4.78 is 3.06. The summed E-state index contributed by atoms with van der Waals surface area (Å²) in [4.78, 5) is 27.6. The minimum atomic E-state index is -1.09. The normalized spacial score (nSPS) is 12.1. The zero-order chi connectivity index (χ0) is 18.1. The van der Waals surface area contributed by atoms with Gasteiger partial charge in [0.1, 0.15) is 6.04 Å². The molecule has 0 bridgehead atoms. The third-order valence-corrected chi connectivity index (χ3v) is 4.63.